The Kier molecular flexibility index (Phi) is 6.00. The fourth-order valence-corrected chi connectivity index (χ4v) is 5.16. The van der Waals surface area contributed by atoms with Gasteiger partial charge in [0.25, 0.3) is 11.8 Å². The number of hydrogen-bond acceptors (Lipinski definition) is 4. The number of aryl methyl sites for hydroxylation is 3. The van der Waals surface area contributed by atoms with Gasteiger partial charge in [0.1, 0.15) is 10.6 Å². The zero-order chi connectivity index (χ0) is 21.3. The van der Waals surface area contributed by atoms with Crippen LogP contribution in [0.1, 0.15) is 42.4 Å². The van der Waals surface area contributed by atoms with Crippen LogP contribution in [-0.2, 0) is 9.59 Å². The van der Waals surface area contributed by atoms with Gasteiger partial charge in [-0.3, -0.25) is 9.59 Å². The first-order valence-corrected chi connectivity index (χ1v) is 11.5. The molecule has 0 N–H and O–H groups in total. The van der Waals surface area contributed by atoms with Crippen molar-refractivity contribution in [3.63, 3.8) is 0 Å². The van der Waals surface area contributed by atoms with Crippen molar-refractivity contribution in [2.45, 2.75) is 51.3 Å². The van der Waals surface area contributed by atoms with Crippen molar-refractivity contribution in [2.75, 3.05) is 18.0 Å². The lowest BCUT2D eigenvalue weighted by atomic mass is 10.1. The minimum atomic E-state index is -0.211. The zero-order valence-corrected chi connectivity index (χ0v) is 18.7. The Bertz CT molecular complexity index is 1000. The first kappa shape index (κ1) is 20.7. The van der Waals surface area contributed by atoms with Crippen molar-refractivity contribution in [1.82, 2.24) is 4.90 Å². The Morgan fingerprint density at radius 2 is 1.40 bits per heavy atom. The Morgan fingerprint density at radius 1 is 0.767 bits per heavy atom. The molecule has 2 aliphatic heterocycles. The fourth-order valence-electron chi connectivity index (χ4n) is 4.16. The minimum absolute atomic E-state index is 0.191. The standard InChI is InChI=1S/C25H28N2O2S/c1-17-8-11-20(12-9-17)30-23-22(26-14-6-4-5-7-15-26)24(28)27(25(23)29)21-13-10-18(2)16-19(21)3/h8-13,16H,4-7,14-15H2,1-3H3. The molecule has 2 amide bonds. The molecule has 0 radical (unpaired) electrons. The molecule has 0 bridgehead atoms. The molecule has 1 fully saturated rings. The minimum Gasteiger partial charge on any atom is -0.366 e. The molecule has 5 heteroatoms. The highest BCUT2D eigenvalue weighted by Gasteiger charge is 2.42. The van der Waals surface area contributed by atoms with Gasteiger partial charge in [0, 0.05) is 18.0 Å². The maximum atomic E-state index is 13.6. The van der Waals surface area contributed by atoms with Gasteiger partial charge in [-0.25, -0.2) is 4.90 Å². The van der Waals surface area contributed by atoms with Gasteiger partial charge in [0.15, 0.2) is 0 Å². The molecule has 4 nitrogen and oxygen atoms in total. The lowest BCUT2D eigenvalue weighted by Crippen LogP contribution is -2.36. The summed E-state index contributed by atoms with van der Waals surface area (Å²) < 4.78 is 0. The van der Waals surface area contributed by atoms with Crippen molar-refractivity contribution in [3.8, 4) is 0 Å². The molecule has 0 saturated carbocycles. The summed E-state index contributed by atoms with van der Waals surface area (Å²) in [6, 6.07) is 14.0. The van der Waals surface area contributed by atoms with Crippen LogP contribution in [0.5, 0.6) is 0 Å². The quantitative estimate of drug-likeness (QED) is 0.624. The highest BCUT2D eigenvalue weighted by Crippen LogP contribution is 2.40. The van der Waals surface area contributed by atoms with Crippen LogP contribution in [0.2, 0.25) is 0 Å². The van der Waals surface area contributed by atoms with Crippen LogP contribution in [0.25, 0.3) is 0 Å². The average Bonchev–Trinajstić information content (AvgIpc) is 2.89. The number of thioether (sulfide) groups is 1. The van der Waals surface area contributed by atoms with E-state index in [-0.39, 0.29) is 11.8 Å². The molecular formula is C25H28N2O2S. The molecule has 30 heavy (non-hydrogen) atoms. The maximum absolute atomic E-state index is 13.6. The Morgan fingerprint density at radius 3 is 2.03 bits per heavy atom. The zero-order valence-electron chi connectivity index (χ0n) is 17.9. The number of benzene rings is 2. The van der Waals surface area contributed by atoms with Crippen molar-refractivity contribution >= 4 is 29.3 Å². The van der Waals surface area contributed by atoms with Crippen molar-refractivity contribution in [2.24, 2.45) is 0 Å². The number of hydrogen-bond donors (Lipinski definition) is 0. The number of carbonyl (C=O) groups is 2. The molecule has 0 unspecified atom stereocenters. The first-order chi connectivity index (χ1) is 14.5. The highest BCUT2D eigenvalue weighted by atomic mass is 32.2. The van der Waals surface area contributed by atoms with Gasteiger partial charge in [0.05, 0.1) is 5.69 Å². The van der Waals surface area contributed by atoms with Crippen molar-refractivity contribution in [3.05, 3.63) is 69.8 Å². The number of carbonyl (C=O) groups excluding carboxylic acids is 2. The van der Waals surface area contributed by atoms with Crippen molar-refractivity contribution < 1.29 is 9.59 Å². The summed E-state index contributed by atoms with van der Waals surface area (Å²) in [5, 5.41) is 0. The third-order valence-corrected chi connectivity index (χ3v) is 6.85. The number of anilines is 1. The Balaban J connectivity index is 1.76. The summed E-state index contributed by atoms with van der Waals surface area (Å²) in [5.74, 6) is -0.403. The smallest absolute Gasteiger partial charge is 0.283 e. The van der Waals surface area contributed by atoms with Crippen LogP contribution in [0.3, 0.4) is 0 Å². The fraction of sp³-hybridized carbons (Fsp3) is 0.360. The molecule has 2 aromatic rings. The summed E-state index contributed by atoms with van der Waals surface area (Å²) in [7, 11) is 0. The summed E-state index contributed by atoms with van der Waals surface area (Å²) in [6.45, 7) is 7.67. The van der Waals surface area contributed by atoms with Gasteiger partial charge < -0.3 is 4.90 Å². The van der Waals surface area contributed by atoms with E-state index in [4.69, 9.17) is 0 Å². The second-order valence-corrected chi connectivity index (χ2v) is 9.31. The van der Waals surface area contributed by atoms with E-state index in [1.807, 2.05) is 63.2 Å². The van der Waals surface area contributed by atoms with E-state index < -0.39 is 0 Å². The Labute approximate surface area is 182 Å². The molecular weight excluding hydrogens is 392 g/mol. The predicted molar refractivity (Wildman–Crippen MR) is 123 cm³/mol. The normalized spacial score (nSPS) is 17.7. The summed E-state index contributed by atoms with van der Waals surface area (Å²) in [5.41, 5.74) is 4.49. The summed E-state index contributed by atoms with van der Waals surface area (Å²) in [4.78, 5) is 32.2. The average molecular weight is 421 g/mol. The number of imide groups is 1. The van der Waals surface area contributed by atoms with Crippen LogP contribution in [0, 0.1) is 20.8 Å². The third kappa shape index (κ3) is 4.04. The first-order valence-electron chi connectivity index (χ1n) is 10.7. The molecule has 0 aliphatic carbocycles. The van der Waals surface area contributed by atoms with Gasteiger partial charge in [-0.2, -0.15) is 0 Å². The third-order valence-electron chi connectivity index (χ3n) is 5.77. The number of amides is 2. The Hall–Kier alpha value is -2.53. The van der Waals surface area contributed by atoms with Crippen LogP contribution in [0.4, 0.5) is 5.69 Å². The van der Waals surface area contributed by atoms with Crippen LogP contribution < -0.4 is 4.90 Å². The second-order valence-electron chi connectivity index (χ2n) is 8.23. The molecule has 2 aromatic carbocycles. The maximum Gasteiger partial charge on any atom is 0.283 e. The number of rotatable bonds is 4. The van der Waals surface area contributed by atoms with E-state index in [0.717, 1.165) is 42.0 Å². The molecule has 156 valence electrons. The van der Waals surface area contributed by atoms with Crippen LogP contribution >= 0.6 is 11.8 Å². The molecule has 2 heterocycles. The lowest BCUT2D eigenvalue weighted by molar-refractivity contribution is -0.121. The lowest BCUT2D eigenvalue weighted by Gasteiger charge is -2.24. The van der Waals surface area contributed by atoms with E-state index in [2.05, 4.69) is 4.90 Å². The molecule has 4 rings (SSSR count). The van der Waals surface area contributed by atoms with Gasteiger partial charge in [0.2, 0.25) is 0 Å². The molecule has 0 spiro atoms. The molecule has 2 aliphatic rings. The van der Waals surface area contributed by atoms with Gasteiger partial charge >= 0.3 is 0 Å². The second kappa shape index (κ2) is 8.68. The van der Waals surface area contributed by atoms with Gasteiger partial charge in [-0.1, -0.05) is 60.0 Å². The van der Waals surface area contributed by atoms with Crippen LogP contribution in [0.15, 0.2) is 58.0 Å². The van der Waals surface area contributed by atoms with E-state index in [1.54, 1.807) is 0 Å². The van der Waals surface area contributed by atoms with E-state index in [9.17, 15) is 9.59 Å². The largest absolute Gasteiger partial charge is 0.366 e. The predicted octanol–water partition coefficient (Wildman–Crippen LogP) is 5.36. The van der Waals surface area contributed by atoms with E-state index in [1.165, 1.54) is 35.1 Å². The van der Waals surface area contributed by atoms with E-state index in [0.29, 0.717) is 16.3 Å². The summed E-state index contributed by atoms with van der Waals surface area (Å²) in [6.07, 6.45) is 4.45. The molecule has 1 saturated heterocycles. The van der Waals surface area contributed by atoms with Gasteiger partial charge in [-0.05, 0) is 57.4 Å². The van der Waals surface area contributed by atoms with Crippen molar-refractivity contribution in [1.29, 1.82) is 0 Å². The SMILES string of the molecule is Cc1ccc(SC2=C(N3CCCCCC3)C(=O)N(c3ccc(C)cc3C)C2=O)cc1. The topological polar surface area (TPSA) is 40.6 Å². The highest BCUT2D eigenvalue weighted by molar-refractivity contribution is 8.04. The summed E-state index contributed by atoms with van der Waals surface area (Å²) >= 11 is 1.41. The van der Waals surface area contributed by atoms with E-state index >= 15 is 0 Å². The number of nitrogens with zero attached hydrogens (tertiary/aromatic N) is 2. The molecule has 0 atom stereocenters. The monoisotopic (exact) mass is 420 g/mol. The number of likely N-dealkylation sites (tertiary alicyclic amines) is 1. The molecule has 0 aromatic heterocycles. The van der Waals surface area contributed by atoms with Crippen LogP contribution in [-0.4, -0.2) is 29.8 Å². The van der Waals surface area contributed by atoms with Gasteiger partial charge in [-0.15, -0.1) is 0 Å².